The van der Waals surface area contributed by atoms with Crippen LogP contribution in [-0.2, 0) is 11.3 Å². The van der Waals surface area contributed by atoms with E-state index in [1.54, 1.807) is 11.0 Å². The summed E-state index contributed by atoms with van der Waals surface area (Å²) in [6, 6.07) is 3.63. The van der Waals surface area contributed by atoms with Gasteiger partial charge in [-0.1, -0.05) is 11.3 Å². The van der Waals surface area contributed by atoms with Crippen LogP contribution >= 0.6 is 11.3 Å². The molecule has 0 spiro atoms. The van der Waals surface area contributed by atoms with Crippen LogP contribution in [0.2, 0.25) is 0 Å². The molecule has 1 aliphatic rings. The quantitative estimate of drug-likeness (QED) is 0.672. The molecule has 1 fully saturated rings. The Labute approximate surface area is 139 Å². The molecule has 1 aromatic heterocycles. The first-order chi connectivity index (χ1) is 10.7. The summed E-state index contributed by atoms with van der Waals surface area (Å²) < 4.78 is 5.37. The molecule has 1 aromatic rings. The Balaban J connectivity index is 1.74. The predicted molar refractivity (Wildman–Crippen MR) is 88.6 cm³/mol. The zero-order chi connectivity index (χ0) is 17.0. The van der Waals surface area contributed by atoms with E-state index in [-0.39, 0.29) is 16.0 Å². The SMILES string of the molecule is CC(C)(C)OC(=O)N1CCC(NCc2ccc([N+](=O)[O-])s2)CC1. The second-order valence-electron chi connectivity index (χ2n) is 6.62. The number of thiophene rings is 1. The van der Waals surface area contributed by atoms with Gasteiger partial charge in [-0.2, -0.15) is 0 Å². The molecule has 8 heteroatoms. The lowest BCUT2D eigenvalue weighted by Crippen LogP contribution is -2.46. The van der Waals surface area contributed by atoms with Crippen molar-refractivity contribution in [1.82, 2.24) is 10.2 Å². The van der Waals surface area contributed by atoms with Crippen molar-refractivity contribution in [1.29, 1.82) is 0 Å². The number of hydrogen-bond acceptors (Lipinski definition) is 6. The average molecular weight is 341 g/mol. The van der Waals surface area contributed by atoms with Crippen molar-refractivity contribution in [2.24, 2.45) is 0 Å². The summed E-state index contributed by atoms with van der Waals surface area (Å²) in [4.78, 5) is 25.0. The van der Waals surface area contributed by atoms with Crippen molar-refractivity contribution in [2.75, 3.05) is 13.1 Å². The van der Waals surface area contributed by atoms with Gasteiger partial charge >= 0.3 is 11.1 Å². The van der Waals surface area contributed by atoms with Crippen molar-refractivity contribution in [3.63, 3.8) is 0 Å². The molecule has 0 radical (unpaired) electrons. The van der Waals surface area contributed by atoms with Crippen LogP contribution in [0.4, 0.5) is 9.80 Å². The fraction of sp³-hybridized carbons (Fsp3) is 0.667. The average Bonchev–Trinajstić information content (AvgIpc) is 2.93. The van der Waals surface area contributed by atoms with E-state index in [1.807, 2.05) is 20.8 Å². The molecule has 23 heavy (non-hydrogen) atoms. The maximum absolute atomic E-state index is 12.0. The van der Waals surface area contributed by atoms with Gasteiger partial charge < -0.3 is 15.0 Å². The zero-order valence-corrected chi connectivity index (χ0v) is 14.5. The van der Waals surface area contributed by atoms with E-state index in [0.29, 0.717) is 25.7 Å². The minimum atomic E-state index is -0.472. The molecule has 0 bridgehead atoms. The molecule has 0 saturated carbocycles. The number of ether oxygens (including phenoxy) is 1. The van der Waals surface area contributed by atoms with Crippen molar-refractivity contribution in [2.45, 2.75) is 51.8 Å². The van der Waals surface area contributed by atoms with E-state index in [2.05, 4.69) is 5.32 Å². The van der Waals surface area contributed by atoms with Gasteiger partial charge in [-0.05, 0) is 39.7 Å². The molecule has 2 rings (SSSR count). The molecule has 128 valence electrons. The van der Waals surface area contributed by atoms with Gasteiger partial charge in [0.25, 0.3) is 0 Å². The van der Waals surface area contributed by atoms with Crippen LogP contribution in [0.25, 0.3) is 0 Å². The van der Waals surface area contributed by atoms with Gasteiger partial charge in [0.15, 0.2) is 0 Å². The number of nitro groups is 1. The first-order valence-electron chi connectivity index (χ1n) is 7.69. The summed E-state index contributed by atoms with van der Waals surface area (Å²) >= 11 is 1.20. The topological polar surface area (TPSA) is 84.7 Å². The predicted octanol–water partition coefficient (Wildman–Crippen LogP) is 3.15. The molecule has 1 amide bonds. The Morgan fingerprint density at radius 1 is 1.43 bits per heavy atom. The Morgan fingerprint density at radius 2 is 2.09 bits per heavy atom. The highest BCUT2D eigenvalue weighted by molar-refractivity contribution is 7.15. The zero-order valence-electron chi connectivity index (χ0n) is 13.7. The lowest BCUT2D eigenvalue weighted by molar-refractivity contribution is -0.380. The third-order valence-corrected chi connectivity index (χ3v) is 4.58. The molecule has 0 unspecified atom stereocenters. The standard InChI is InChI=1S/C15H23N3O4S/c1-15(2,3)22-14(19)17-8-6-11(7-9-17)16-10-12-4-5-13(23-12)18(20)21/h4-5,11,16H,6-10H2,1-3H3. The van der Waals surface area contributed by atoms with Gasteiger partial charge in [-0.25, -0.2) is 4.79 Å². The van der Waals surface area contributed by atoms with Gasteiger partial charge in [0.2, 0.25) is 0 Å². The lowest BCUT2D eigenvalue weighted by atomic mass is 10.1. The van der Waals surface area contributed by atoms with Crippen LogP contribution < -0.4 is 5.32 Å². The summed E-state index contributed by atoms with van der Waals surface area (Å²) in [5.74, 6) is 0. The Bertz CT molecular complexity index is 559. The van der Waals surface area contributed by atoms with Crippen LogP contribution in [0.15, 0.2) is 12.1 Å². The van der Waals surface area contributed by atoms with Crippen molar-refractivity contribution in [3.8, 4) is 0 Å². The minimum Gasteiger partial charge on any atom is -0.444 e. The molecule has 1 N–H and O–H groups in total. The summed E-state index contributed by atoms with van der Waals surface area (Å²) in [6.07, 6.45) is 1.45. The number of carbonyl (C=O) groups excluding carboxylic acids is 1. The fourth-order valence-corrected chi connectivity index (χ4v) is 3.17. The van der Waals surface area contributed by atoms with Crippen molar-refractivity contribution >= 4 is 22.4 Å². The van der Waals surface area contributed by atoms with Gasteiger partial charge in [-0.3, -0.25) is 10.1 Å². The summed E-state index contributed by atoms with van der Waals surface area (Å²) in [5, 5.41) is 14.2. The second kappa shape index (κ2) is 7.27. The molecule has 0 aromatic carbocycles. The summed E-state index contributed by atoms with van der Waals surface area (Å²) in [6.45, 7) is 7.53. The molecule has 1 aliphatic heterocycles. The van der Waals surface area contributed by atoms with E-state index in [9.17, 15) is 14.9 Å². The maximum atomic E-state index is 12.0. The van der Waals surface area contributed by atoms with Crippen LogP contribution in [0.5, 0.6) is 0 Å². The number of piperidine rings is 1. The Hall–Kier alpha value is -1.67. The van der Waals surface area contributed by atoms with Crippen LogP contribution in [0.3, 0.4) is 0 Å². The summed E-state index contributed by atoms with van der Waals surface area (Å²) in [7, 11) is 0. The van der Waals surface area contributed by atoms with E-state index < -0.39 is 5.60 Å². The number of rotatable bonds is 4. The van der Waals surface area contributed by atoms with E-state index >= 15 is 0 Å². The van der Waals surface area contributed by atoms with Crippen LogP contribution in [0.1, 0.15) is 38.5 Å². The van der Waals surface area contributed by atoms with Crippen LogP contribution in [0, 0.1) is 10.1 Å². The number of likely N-dealkylation sites (tertiary alicyclic amines) is 1. The molecule has 7 nitrogen and oxygen atoms in total. The third kappa shape index (κ3) is 5.47. The normalized spacial score (nSPS) is 16.4. The molecule has 2 heterocycles. The molecule has 0 aliphatic carbocycles. The fourth-order valence-electron chi connectivity index (χ4n) is 2.40. The molecular weight excluding hydrogens is 318 g/mol. The van der Waals surface area contributed by atoms with Gasteiger partial charge in [0.1, 0.15) is 5.60 Å². The number of nitrogens with one attached hydrogen (secondary N) is 1. The largest absolute Gasteiger partial charge is 0.444 e. The highest BCUT2D eigenvalue weighted by atomic mass is 32.1. The number of amides is 1. The molecule has 1 saturated heterocycles. The molecule has 0 atom stereocenters. The number of carbonyl (C=O) groups is 1. The first kappa shape index (κ1) is 17.7. The smallest absolute Gasteiger partial charge is 0.410 e. The first-order valence-corrected chi connectivity index (χ1v) is 8.50. The van der Waals surface area contributed by atoms with E-state index in [1.165, 1.54) is 17.4 Å². The van der Waals surface area contributed by atoms with E-state index in [0.717, 1.165) is 17.7 Å². The van der Waals surface area contributed by atoms with Gasteiger partial charge in [0.05, 0.1) is 4.92 Å². The van der Waals surface area contributed by atoms with Crippen LogP contribution in [-0.4, -0.2) is 40.6 Å². The van der Waals surface area contributed by atoms with Gasteiger partial charge in [-0.15, -0.1) is 0 Å². The Morgan fingerprint density at radius 3 is 2.61 bits per heavy atom. The highest BCUT2D eigenvalue weighted by Crippen LogP contribution is 2.24. The van der Waals surface area contributed by atoms with Gasteiger partial charge in [0, 0.05) is 36.6 Å². The van der Waals surface area contributed by atoms with E-state index in [4.69, 9.17) is 4.74 Å². The number of nitrogens with zero attached hydrogens (tertiary/aromatic N) is 2. The third-order valence-electron chi connectivity index (χ3n) is 3.54. The minimum absolute atomic E-state index is 0.168. The van der Waals surface area contributed by atoms with Crippen molar-refractivity contribution in [3.05, 3.63) is 27.1 Å². The number of hydrogen-bond donors (Lipinski definition) is 1. The monoisotopic (exact) mass is 341 g/mol. The molecular formula is C15H23N3O4S. The Kier molecular flexibility index (Phi) is 5.59. The highest BCUT2D eigenvalue weighted by Gasteiger charge is 2.26. The van der Waals surface area contributed by atoms with Crippen molar-refractivity contribution < 1.29 is 14.5 Å². The summed E-state index contributed by atoms with van der Waals surface area (Å²) in [5.41, 5.74) is -0.472. The second-order valence-corrected chi connectivity index (χ2v) is 7.77. The lowest BCUT2D eigenvalue weighted by Gasteiger charge is -2.33. The maximum Gasteiger partial charge on any atom is 0.410 e.